The Morgan fingerprint density at radius 2 is 1.55 bits per heavy atom. The zero-order valence-electron chi connectivity index (χ0n) is 18.2. The van der Waals surface area contributed by atoms with E-state index in [9.17, 15) is 14.4 Å². The number of nitrogens with one attached hydrogen (secondary N) is 2. The largest absolute Gasteiger partial charge is 0.350 e. The van der Waals surface area contributed by atoms with Gasteiger partial charge in [0.05, 0.1) is 6.54 Å². The number of nitrogens with zero attached hydrogens (tertiary/aromatic N) is 1. The highest BCUT2D eigenvalue weighted by Gasteiger charge is 2.37. The molecule has 3 aromatic carbocycles. The van der Waals surface area contributed by atoms with Crippen molar-refractivity contribution in [3.05, 3.63) is 106 Å². The van der Waals surface area contributed by atoms with Crippen molar-refractivity contribution in [2.75, 3.05) is 10.6 Å². The second-order valence-corrected chi connectivity index (χ2v) is 8.29. The van der Waals surface area contributed by atoms with Crippen molar-refractivity contribution in [2.24, 2.45) is 0 Å². The first-order chi connectivity index (χ1) is 15.8. The Balaban J connectivity index is 1.50. The summed E-state index contributed by atoms with van der Waals surface area (Å²) < 4.78 is 0. The van der Waals surface area contributed by atoms with Gasteiger partial charge in [0.1, 0.15) is 10.7 Å². The summed E-state index contributed by atoms with van der Waals surface area (Å²) in [5, 5.41) is 5.63. The van der Waals surface area contributed by atoms with Gasteiger partial charge >= 0.3 is 0 Å². The third-order valence-electron chi connectivity index (χ3n) is 5.17. The molecule has 0 atom stereocenters. The van der Waals surface area contributed by atoms with Crippen molar-refractivity contribution in [2.45, 2.75) is 20.4 Å². The number of aryl methyl sites for hydroxylation is 2. The van der Waals surface area contributed by atoms with Gasteiger partial charge in [0.25, 0.3) is 17.7 Å². The van der Waals surface area contributed by atoms with Crippen LogP contribution in [0.2, 0.25) is 0 Å². The van der Waals surface area contributed by atoms with Gasteiger partial charge in [-0.1, -0.05) is 54.1 Å². The van der Waals surface area contributed by atoms with E-state index in [0.717, 1.165) is 21.6 Å². The van der Waals surface area contributed by atoms with Crippen molar-refractivity contribution >= 4 is 40.7 Å². The minimum atomic E-state index is -0.559. The normalized spacial score (nSPS) is 13.5. The van der Waals surface area contributed by atoms with Crippen molar-refractivity contribution in [1.29, 1.82) is 0 Å². The molecule has 1 aliphatic heterocycles. The molecule has 0 saturated heterocycles. The number of carbonyl (C=O) groups excluding carboxylic acids is 3. The number of carbonyl (C=O) groups is 3. The smallest absolute Gasteiger partial charge is 0.279 e. The fourth-order valence-electron chi connectivity index (χ4n) is 3.70. The molecule has 0 radical (unpaired) electrons. The Kier molecular flexibility index (Phi) is 6.29. The van der Waals surface area contributed by atoms with Gasteiger partial charge in [0, 0.05) is 16.9 Å². The highest BCUT2D eigenvalue weighted by atomic mass is 35.5. The number of rotatable bonds is 6. The van der Waals surface area contributed by atoms with E-state index in [1.54, 1.807) is 24.3 Å². The van der Waals surface area contributed by atoms with Crippen LogP contribution in [-0.4, -0.2) is 22.6 Å². The standard InChI is InChI=1S/C26H22ClN3O3/c1-16-11-17(2)13-21(12-16)29-24(31)19-9-6-10-20(14-19)28-23-22(27)25(32)30(26(23)33)15-18-7-4-3-5-8-18/h3-14,28H,15H2,1-2H3,(H,29,31). The Morgan fingerprint density at radius 3 is 2.24 bits per heavy atom. The van der Waals surface area contributed by atoms with Crippen molar-refractivity contribution in [3.8, 4) is 0 Å². The number of amides is 3. The molecule has 3 aromatic rings. The summed E-state index contributed by atoms with van der Waals surface area (Å²) in [6.45, 7) is 4.05. The Morgan fingerprint density at radius 1 is 0.848 bits per heavy atom. The maximum absolute atomic E-state index is 12.9. The maximum atomic E-state index is 12.9. The molecular weight excluding hydrogens is 438 g/mol. The lowest BCUT2D eigenvalue weighted by Gasteiger charge is -2.15. The fraction of sp³-hybridized carbons (Fsp3) is 0.115. The SMILES string of the molecule is Cc1cc(C)cc(NC(=O)c2cccc(NC3=C(Cl)C(=O)N(Cc4ccccc4)C3=O)c2)c1. The summed E-state index contributed by atoms with van der Waals surface area (Å²) in [5.74, 6) is -1.36. The van der Waals surface area contributed by atoms with E-state index in [0.29, 0.717) is 16.9 Å². The minimum absolute atomic E-state index is 0.00975. The van der Waals surface area contributed by atoms with Crippen LogP contribution in [0.25, 0.3) is 0 Å². The van der Waals surface area contributed by atoms with Gasteiger partial charge in [0.15, 0.2) is 0 Å². The van der Waals surface area contributed by atoms with Crippen molar-refractivity contribution in [1.82, 2.24) is 4.90 Å². The van der Waals surface area contributed by atoms with E-state index >= 15 is 0 Å². The van der Waals surface area contributed by atoms with E-state index in [1.165, 1.54) is 0 Å². The van der Waals surface area contributed by atoms with Crippen LogP contribution < -0.4 is 10.6 Å². The second kappa shape index (κ2) is 9.30. The number of benzene rings is 3. The van der Waals surface area contributed by atoms with Crippen LogP contribution >= 0.6 is 11.6 Å². The second-order valence-electron chi connectivity index (χ2n) is 7.91. The van der Waals surface area contributed by atoms with Crippen molar-refractivity contribution < 1.29 is 14.4 Å². The molecule has 166 valence electrons. The zero-order valence-corrected chi connectivity index (χ0v) is 18.9. The molecule has 0 aromatic heterocycles. The molecular formula is C26H22ClN3O3. The van der Waals surface area contributed by atoms with Gasteiger partial charge in [0.2, 0.25) is 0 Å². The summed E-state index contributed by atoms with van der Waals surface area (Å²) in [6.07, 6.45) is 0. The number of hydrogen-bond acceptors (Lipinski definition) is 4. The summed E-state index contributed by atoms with van der Waals surface area (Å²) in [4.78, 5) is 39.3. The first-order valence-electron chi connectivity index (χ1n) is 10.4. The lowest BCUT2D eigenvalue weighted by molar-refractivity contribution is -0.138. The van der Waals surface area contributed by atoms with Crippen LogP contribution in [0.5, 0.6) is 0 Å². The zero-order chi connectivity index (χ0) is 23.5. The van der Waals surface area contributed by atoms with E-state index in [-0.39, 0.29) is 23.2 Å². The molecule has 0 unspecified atom stereocenters. The van der Waals surface area contributed by atoms with E-state index in [2.05, 4.69) is 10.6 Å². The van der Waals surface area contributed by atoms with Crippen LogP contribution in [0.3, 0.4) is 0 Å². The predicted octanol–water partition coefficient (Wildman–Crippen LogP) is 4.99. The van der Waals surface area contributed by atoms with Crippen LogP contribution in [0.1, 0.15) is 27.0 Å². The highest BCUT2D eigenvalue weighted by molar-refractivity contribution is 6.48. The van der Waals surface area contributed by atoms with Crippen LogP contribution in [0.4, 0.5) is 11.4 Å². The van der Waals surface area contributed by atoms with Gasteiger partial charge in [-0.2, -0.15) is 0 Å². The van der Waals surface area contributed by atoms with Gasteiger partial charge in [-0.05, 0) is 60.9 Å². The lowest BCUT2D eigenvalue weighted by Crippen LogP contribution is -2.31. The maximum Gasteiger partial charge on any atom is 0.279 e. The third-order valence-corrected chi connectivity index (χ3v) is 5.52. The van der Waals surface area contributed by atoms with E-state index < -0.39 is 11.8 Å². The molecule has 4 rings (SSSR count). The first-order valence-corrected chi connectivity index (χ1v) is 10.8. The average molecular weight is 460 g/mol. The lowest BCUT2D eigenvalue weighted by atomic mass is 10.1. The topological polar surface area (TPSA) is 78.5 Å². The molecule has 7 heteroatoms. The molecule has 2 N–H and O–H groups in total. The van der Waals surface area contributed by atoms with E-state index in [1.807, 2.05) is 62.4 Å². The average Bonchev–Trinajstić information content (AvgIpc) is 2.98. The molecule has 0 spiro atoms. The molecule has 3 amide bonds. The molecule has 1 aliphatic rings. The van der Waals surface area contributed by atoms with E-state index in [4.69, 9.17) is 11.6 Å². The number of imide groups is 1. The van der Waals surface area contributed by atoms with Gasteiger partial charge < -0.3 is 10.6 Å². The van der Waals surface area contributed by atoms with Crippen LogP contribution in [0.15, 0.2) is 83.5 Å². The Bertz CT molecular complexity index is 1260. The number of anilines is 2. The monoisotopic (exact) mass is 459 g/mol. The molecule has 0 bridgehead atoms. The summed E-state index contributed by atoms with van der Waals surface area (Å²) in [6, 6.07) is 21.7. The first kappa shape index (κ1) is 22.3. The van der Waals surface area contributed by atoms with Gasteiger partial charge in [-0.15, -0.1) is 0 Å². The van der Waals surface area contributed by atoms with Crippen LogP contribution in [-0.2, 0) is 16.1 Å². The summed E-state index contributed by atoms with van der Waals surface area (Å²) in [7, 11) is 0. The van der Waals surface area contributed by atoms with Crippen molar-refractivity contribution in [3.63, 3.8) is 0 Å². The molecule has 0 aliphatic carbocycles. The minimum Gasteiger partial charge on any atom is -0.350 e. The number of halogens is 1. The third kappa shape index (κ3) is 4.96. The van der Waals surface area contributed by atoms with Gasteiger partial charge in [-0.3, -0.25) is 19.3 Å². The molecule has 1 heterocycles. The molecule has 33 heavy (non-hydrogen) atoms. The molecule has 0 fully saturated rings. The Hall–Kier alpha value is -3.90. The molecule has 0 saturated carbocycles. The fourth-order valence-corrected chi connectivity index (χ4v) is 3.93. The predicted molar refractivity (Wildman–Crippen MR) is 129 cm³/mol. The van der Waals surface area contributed by atoms with Crippen LogP contribution in [0, 0.1) is 13.8 Å². The number of hydrogen-bond donors (Lipinski definition) is 2. The summed E-state index contributed by atoms with van der Waals surface area (Å²) in [5.41, 5.74) is 4.47. The van der Waals surface area contributed by atoms with Gasteiger partial charge in [-0.25, -0.2) is 0 Å². The summed E-state index contributed by atoms with van der Waals surface area (Å²) >= 11 is 6.20. The molecule has 6 nitrogen and oxygen atoms in total. The Labute approximate surface area is 196 Å². The quantitative estimate of drug-likeness (QED) is 0.509. The highest BCUT2D eigenvalue weighted by Crippen LogP contribution is 2.27.